The van der Waals surface area contributed by atoms with E-state index in [0.717, 1.165) is 10.0 Å². The van der Waals surface area contributed by atoms with Crippen molar-refractivity contribution in [3.8, 4) is 11.8 Å². The van der Waals surface area contributed by atoms with Crippen LogP contribution in [-0.4, -0.2) is 5.78 Å². The monoisotopic (exact) mass is 222 g/mol. The minimum atomic E-state index is -0.116. The van der Waals surface area contributed by atoms with Crippen molar-refractivity contribution in [1.82, 2.24) is 0 Å². The normalized spacial score (nSPS) is 8.50. The molecule has 0 radical (unpaired) electrons. The highest BCUT2D eigenvalue weighted by molar-refractivity contribution is 9.10. The van der Waals surface area contributed by atoms with Crippen LogP contribution < -0.4 is 0 Å². The first-order valence-corrected chi connectivity index (χ1v) is 4.26. The predicted molar refractivity (Wildman–Crippen MR) is 51.7 cm³/mol. The van der Waals surface area contributed by atoms with Gasteiger partial charge in [-0.05, 0) is 24.1 Å². The molecule has 0 aliphatic heterocycles. The lowest BCUT2D eigenvalue weighted by molar-refractivity contribution is -0.111. The summed E-state index contributed by atoms with van der Waals surface area (Å²) in [7, 11) is 0. The maximum Gasteiger partial charge on any atom is 0.202 e. The fourth-order valence-electron chi connectivity index (χ4n) is 0.726. The van der Waals surface area contributed by atoms with Gasteiger partial charge in [0.2, 0.25) is 5.78 Å². The Morgan fingerprint density at radius 2 is 2.25 bits per heavy atom. The third-order valence-electron chi connectivity index (χ3n) is 1.21. The molecule has 12 heavy (non-hydrogen) atoms. The zero-order valence-corrected chi connectivity index (χ0v) is 8.18. The highest BCUT2D eigenvalue weighted by Gasteiger charge is 1.88. The molecule has 1 nitrogen and oxygen atoms in total. The molecule has 0 spiro atoms. The van der Waals surface area contributed by atoms with Gasteiger partial charge >= 0.3 is 0 Å². The van der Waals surface area contributed by atoms with Crippen molar-refractivity contribution >= 4 is 21.7 Å². The summed E-state index contributed by atoms with van der Waals surface area (Å²) in [6, 6.07) is 7.53. The molecule has 60 valence electrons. The maximum absolute atomic E-state index is 10.5. The Kier molecular flexibility index (Phi) is 3.07. The average molecular weight is 223 g/mol. The number of carbonyl (C=O) groups excluding carboxylic acids is 1. The quantitative estimate of drug-likeness (QED) is 0.617. The van der Waals surface area contributed by atoms with Crippen molar-refractivity contribution in [2.24, 2.45) is 0 Å². The molecule has 1 aromatic rings. The Morgan fingerprint density at radius 1 is 1.50 bits per heavy atom. The second-order valence-electron chi connectivity index (χ2n) is 2.32. The standard InChI is InChI=1S/C10H7BrO/c1-8(12)5-6-9-3-2-4-10(11)7-9/h2-4,7H,1H3. The first-order valence-electron chi connectivity index (χ1n) is 3.46. The molecule has 0 unspecified atom stereocenters. The molecule has 1 rings (SSSR count). The van der Waals surface area contributed by atoms with E-state index in [2.05, 4.69) is 27.8 Å². The van der Waals surface area contributed by atoms with Gasteiger partial charge in [-0.1, -0.05) is 27.9 Å². The summed E-state index contributed by atoms with van der Waals surface area (Å²) in [5, 5.41) is 0. The number of Topliss-reactive ketones (excluding diaryl/α,β-unsaturated/α-hetero) is 1. The Bertz CT molecular complexity index is 358. The maximum atomic E-state index is 10.5. The summed E-state index contributed by atoms with van der Waals surface area (Å²) in [4.78, 5) is 10.5. The summed E-state index contributed by atoms with van der Waals surface area (Å²) < 4.78 is 0.970. The summed E-state index contributed by atoms with van der Waals surface area (Å²) in [5.74, 6) is 5.12. The molecule has 0 aliphatic carbocycles. The molecule has 0 aromatic heterocycles. The summed E-state index contributed by atoms with van der Waals surface area (Å²) in [6.45, 7) is 1.45. The van der Waals surface area contributed by atoms with Gasteiger partial charge in [0, 0.05) is 17.0 Å². The average Bonchev–Trinajstić information content (AvgIpc) is 2.01. The van der Waals surface area contributed by atoms with Gasteiger partial charge in [0.25, 0.3) is 0 Å². The number of carbonyl (C=O) groups is 1. The van der Waals surface area contributed by atoms with Crippen LogP contribution >= 0.6 is 15.9 Å². The number of halogens is 1. The van der Waals surface area contributed by atoms with Crippen LogP contribution in [0.3, 0.4) is 0 Å². The van der Waals surface area contributed by atoms with Gasteiger partial charge in [-0.25, -0.2) is 0 Å². The predicted octanol–water partition coefficient (Wildman–Crippen LogP) is 2.39. The molecule has 0 bridgehead atoms. The third kappa shape index (κ3) is 2.89. The summed E-state index contributed by atoms with van der Waals surface area (Å²) >= 11 is 3.32. The molecule has 2 heteroatoms. The first kappa shape index (κ1) is 9.02. The smallest absolute Gasteiger partial charge is 0.202 e. The Morgan fingerprint density at radius 3 is 2.83 bits per heavy atom. The minimum Gasteiger partial charge on any atom is -0.285 e. The van der Waals surface area contributed by atoms with Gasteiger partial charge in [0.15, 0.2) is 0 Å². The highest BCUT2D eigenvalue weighted by Crippen LogP contribution is 2.10. The lowest BCUT2D eigenvalue weighted by Crippen LogP contribution is -1.81. The van der Waals surface area contributed by atoms with E-state index in [4.69, 9.17) is 0 Å². The van der Waals surface area contributed by atoms with Crippen molar-refractivity contribution in [2.75, 3.05) is 0 Å². The Hall–Kier alpha value is -1.07. The van der Waals surface area contributed by atoms with Crippen LogP contribution in [0.4, 0.5) is 0 Å². The van der Waals surface area contributed by atoms with Gasteiger partial charge in [-0.3, -0.25) is 4.79 Å². The van der Waals surface area contributed by atoms with Gasteiger partial charge < -0.3 is 0 Å². The molecular weight excluding hydrogens is 216 g/mol. The number of hydrogen-bond donors (Lipinski definition) is 0. The lowest BCUT2D eigenvalue weighted by Gasteiger charge is -1.89. The lowest BCUT2D eigenvalue weighted by atomic mass is 10.2. The third-order valence-corrected chi connectivity index (χ3v) is 1.70. The van der Waals surface area contributed by atoms with E-state index in [1.807, 2.05) is 24.3 Å². The van der Waals surface area contributed by atoms with Gasteiger partial charge in [0.05, 0.1) is 0 Å². The highest BCUT2D eigenvalue weighted by atomic mass is 79.9. The molecule has 1 aromatic carbocycles. The fourth-order valence-corrected chi connectivity index (χ4v) is 1.13. The fraction of sp³-hybridized carbons (Fsp3) is 0.100. The van der Waals surface area contributed by atoms with Crippen LogP contribution in [0.15, 0.2) is 28.7 Å². The first-order chi connectivity index (χ1) is 5.68. The van der Waals surface area contributed by atoms with Gasteiger partial charge in [0.1, 0.15) is 0 Å². The number of benzene rings is 1. The van der Waals surface area contributed by atoms with E-state index >= 15 is 0 Å². The van der Waals surface area contributed by atoms with Gasteiger partial charge in [-0.15, -0.1) is 0 Å². The molecule has 0 heterocycles. The SMILES string of the molecule is CC(=O)C#Cc1cccc(Br)c1. The Balaban J connectivity index is 2.92. The van der Waals surface area contributed by atoms with Crippen molar-refractivity contribution in [2.45, 2.75) is 6.92 Å². The second-order valence-corrected chi connectivity index (χ2v) is 3.23. The van der Waals surface area contributed by atoms with Crippen LogP contribution in [0.1, 0.15) is 12.5 Å². The van der Waals surface area contributed by atoms with Crippen LogP contribution in [0, 0.1) is 11.8 Å². The van der Waals surface area contributed by atoms with E-state index < -0.39 is 0 Å². The summed E-state index contributed by atoms with van der Waals surface area (Å²) in [5.41, 5.74) is 0.847. The van der Waals surface area contributed by atoms with Gasteiger partial charge in [-0.2, -0.15) is 0 Å². The number of hydrogen-bond acceptors (Lipinski definition) is 1. The molecule has 0 aliphatic rings. The topological polar surface area (TPSA) is 17.1 Å². The largest absolute Gasteiger partial charge is 0.285 e. The zero-order valence-electron chi connectivity index (χ0n) is 6.60. The van der Waals surface area contributed by atoms with Crippen LogP contribution in [-0.2, 0) is 4.79 Å². The molecule has 0 atom stereocenters. The minimum absolute atomic E-state index is 0.116. The number of rotatable bonds is 0. The zero-order chi connectivity index (χ0) is 8.97. The molecule has 0 N–H and O–H groups in total. The molecule has 0 fully saturated rings. The van der Waals surface area contributed by atoms with E-state index in [-0.39, 0.29) is 5.78 Å². The Labute approximate surface area is 79.9 Å². The molecular formula is C10H7BrO. The van der Waals surface area contributed by atoms with E-state index in [1.165, 1.54) is 6.92 Å². The molecule has 0 saturated carbocycles. The van der Waals surface area contributed by atoms with Crippen LogP contribution in [0.2, 0.25) is 0 Å². The van der Waals surface area contributed by atoms with Crippen molar-refractivity contribution in [3.05, 3.63) is 34.3 Å². The van der Waals surface area contributed by atoms with Crippen molar-refractivity contribution in [1.29, 1.82) is 0 Å². The van der Waals surface area contributed by atoms with Crippen molar-refractivity contribution < 1.29 is 4.79 Å². The van der Waals surface area contributed by atoms with E-state index in [9.17, 15) is 4.79 Å². The molecule has 0 saturated heterocycles. The van der Waals surface area contributed by atoms with Crippen molar-refractivity contribution in [3.63, 3.8) is 0 Å². The van der Waals surface area contributed by atoms with Crippen LogP contribution in [0.25, 0.3) is 0 Å². The number of ketones is 1. The summed E-state index contributed by atoms with van der Waals surface area (Å²) in [6.07, 6.45) is 0. The second kappa shape index (κ2) is 4.08. The van der Waals surface area contributed by atoms with Crippen LogP contribution in [0.5, 0.6) is 0 Å². The molecule has 0 amide bonds. The van der Waals surface area contributed by atoms with E-state index in [0.29, 0.717) is 0 Å². The van der Waals surface area contributed by atoms with E-state index in [1.54, 1.807) is 0 Å².